The van der Waals surface area contributed by atoms with Crippen LogP contribution in [0.5, 0.6) is 17.6 Å². The molecule has 9 nitrogen and oxygen atoms in total. The zero-order chi connectivity index (χ0) is 28.7. The smallest absolute Gasteiger partial charge is 0.319 e. The van der Waals surface area contributed by atoms with E-state index in [2.05, 4.69) is 9.88 Å². The minimum absolute atomic E-state index is 0.00637. The number of anilines is 1. The predicted molar refractivity (Wildman–Crippen MR) is 152 cm³/mol. The summed E-state index contributed by atoms with van der Waals surface area (Å²) in [6, 6.07) is 2.96. The first-order chi connectivity index (χ1) is 20.3. The topological polar surface area (TPSA) is 93.1 Å². The van der Waals surface area contributed by atoms with Crippen LogP contribution in [0.25, 0.3) is 22.2 Å². The molecule has 2 aromatic heterocycles. The lowest BCUT2D eigenvalue weighted by molar-refractivity contribution is 0.107. The first-order valence-electron chi connectivity index (χ1n) is 14.7. The molecule has 1 aliphatic carbocycles. The Kier molecular flexibility index (Phi) is 6.18. The Labute approximate surface area is 246 Å². The standard InChI is InChI=1S/C30H32ClF2N5O4/c1-37-21-13-40-11-16(21)12-41-28-23-26(24(33)25(34-28)19-7-18(39)8-20(31)22(19)15-3-4-15)35-29(36-27(23)37)42-14-30-5-2-6-38(30)10-17(32)9-30/h7-8,15-17,21,39H,2-6,9-14H2,1H3/t16?,17-,21?,30+/m1/s1. The fourth-order valence-corrected chi connectivity index (χ4v) is 7.83. The molecule has 4 atom stereocenters. The van der Waals surface area contributed by atoms with Gasteiger partial charge in [0.05, 0.1) is 31.4 Å². The summed E-state index contributed by atoms with van der Waals surface area (Å²) in [4.78, 5) is 18.2. The number of hydrogen-bond acceptors (Lipinski definition) is 9. The number of pyridine rings is 1. The highest BCUT2D eigenvalue weighted by Gasteiger charge is 2.49. The highest BCUT2D eigenvalue weighted by Crippen LogP contribution is 2.50. The number of fused-ring (bicyclic) bond motifs is 2. The van der Waals surface area contributed by atoms with E-state index in [4.69, 9.17) is 35.8 Å². The molecule has 0 bridgehead atoms. The van der Waals surface area contributed by atoms with Crippen LogP contribution in [0.3, 0.4) is 0 Å². The second-order valence-electron chi connectivity index (χ2n) is 12.4. The Morgan fingerprint density at radius 1 is 1.19 bits per heavy atom. The highest BCUT2D eigenvalue weighted by molar-refractivity contribution is 6.32. The maximum absolute atomic E-state index is 16.7. The summed E-state index contributed by atoms with van der Waals surface area (Å²) in [5.74, 6) is 0.109. The lowest BCUT2D eigenvalue weighted by Crippen LogP contribution is -2.44. The molecule has 6 heterocycles. The Hall–Kier alpha value is -3.02. The molecule has 5 aliphatic rings. The minimum atomic E-state index is -0.897. The van der Waals surface area contributed by atoms with Crippen molar-refractivity contribution in [3.05, 3.63) is 28.5 Å². The van der Waals surface area contributed by atoms with E-state index in [0.29, 0.717) is 54.6 Å². The minimum Gasteiger partial charge on any atom is -0.508 e. The van der Waals surface area contributed by atoms with Crippen LogP contribution in [0.1, 0.15) is 43.6 Å². The lowest BCUT2D eigenvalue weighted by atomic mass is 9.95. The van der Waals surface area contributed by atoms with Crippen molar-refractivity contribution in [1.82, 2.24) is 19.9 Å². The first-order valence-corrected chi connectivity index (χ1v) is 15.1. The molecule has 1 aromatic carbocycles. The molecule has 4 fully saturated rings. The number of aromatic hydroxyl groups is 1. The molecule has 8 rings (SSSR count). The van der Waals surface area contributed by atoms with Gasteiger partial charge in [-0.05, 0) is 55.8 Å². The third-order valence-corrected chi connectivity index (χ3v) is 10.0. The van der Waals surface area contributed by atoms with E-state index in [1.54, 1.807) is 0 Å². The monoisotopic (exact) mass is 599 g/mol. The van der Waals surface area contributed by atoms with Crippen LogP contribution < -0.4 is 14.4 Å². The maximum Gasteiger partial charge on any atom is 0.319 e. The van der Waals surface area contributed by atoms with Crippen LogP contribution >= 0.6 is 11.6 Å². The van der Waals surface area contributed by atoms with Gasteiger partial charge in [0, 0.05) is 36.5 Å². The number of halogens is 3. The van der Waals surface area contributed by atoms with E-state index < -0.39 is 17.5 Å². The summed E-state index contributed by atoms with van der Waals surface area (Å²) in [6.45, 7) is 2.79. The van der Waals surface area contributed by atoms with Crippen molar-refractivity contribution in [2.75, 3.05) is 51.5 Å². The van der Waals surface area contributed by atoms with Crippen molar-refractivity contribution in [1.29, 1.82) is 0 Å². The van der Waals surface area contributed by atoms with Gasteiger partial charge in [-0.3, -0.25) is 4.90 Å². The second kappa shape index (κ2) is 9.75. The summed E-state index contributed by atoms with van der Waals surface area (Å²) in [6.07, 6.45) is 3.16. The Bertz CT molecular complexity index is 1590. The second-order valence-corrected chi connectivity index (χ2v) is 12.9. The normalized spacial score (nSPS) is 28.9. The molecule has 4 aliphatic heterocycles. The summed E-state index contributed by atoms with van der Waals surface area (Å²) in [5, 5.41) is 11.2. The van der Waals surface area contributed by atoms with E-state index in [-0.39, 0.29) is 53.3 Å². The molecule has 12 heteroatoms. The number of aromatic nitrogens is 3. The first kappa shape index (κ1) is 26.6. The largest absolute Gasteiger partial charge is 0.508 e. The van der Waals surface area contributed by atoms with E-state index >= 15 is 4.39 Å². The molecule has 3 aromatic rings. The van der Waals surface area contributed by atoms with E-state index in [1.807, 2.05) is 11.9 Å². The summed E-state index contributed by atoms with van der Waals surface area (Å²) in [5.41, 5.74) is 0.783. The molecule has 0 amide bonds. The van der Waals surface area contributed by atoms with Gasteiger partial charge < -0.3 is 24.2 Å². The fourth-order valence-electron chi connectivity index (χ4n) is 7.46. The average Bonchev–Trinajstić information content (AvgIpc) is 3.41. The van der Waals surface area contributed by atoms with Crippen molar-refractivity contribution in [2.24, 2.45) is 5.92 Å². The van der Waals surface area contributed by atoms with Crippen LogP contribution in [0, 0.1) is 11.7 Å². The molecule has 222 valence electrons. The third-order valence-electron chi connectivity index (χ3n) is 9.73. The number of alkyl halides is 1. The number of phenolic OH excluding ortho intramolecular Hbond substituents is 1. The quantitative estimate of drug-likeness (QED) is 0.441. The number of hydrogen-bond donors (Lipinski definition) is 1. The number of ether oxygens (including phenoxy) is 3. The number of phenols is 1. The van der Waals surface area contributed by atoms with Crippen molar-refractivity contribution < 1.29 is 28.1 Å². The van der Waals surface area contributed by atoms with Gasteiger partial charge >= 0.3 is 6.01 Å². The van der Waals surface area contributed by atoms with E-state index in [0.717, 1.165) is 37.8 Å². The van der Waals surface area contributed by atoms with Gasteiger partial charge in [0.25, 0.3) is 0 Å². The number of benzene rings is 1. The van der Waals surface area contributed by atoms with Crippen molar-refractivity contribution in [2.45, 2.75) is 55.8 Å². The Morgan fingerprint density at radius 3 is 2.88 bits per heavy atom. The zero-order valence-electron chi connectivity index (χ0n) is 23.3. The van der Waals surface area contributed by atoms with Crippen LogP contribution in [-0.4, -0.2) is 89.3 Å². The average molecular weight is 600 g/mol. The van der Waals surface area contributed by atoms with Gasteiger partial charge in [-0.15, -0.1) is 0 Å². The van der Waals surface area contributed by atoms with Gasteiger partial charge in [-0.25, -0.2) is 13.8 Å². The molecule has 3 saturated heterocycles. The van der Waals surface area contributed by atoms with Crippen LogP contribution in [0.4, 0.5) is 14.6 Å². The van der Waals surface area contributed by atoms with Gasteiger partial charge in [0.1, 0.15) is 40.9 Å². The van der Waals surface area contributed by atoms with Crippen molar-refractivity contribution >= 4 is 28.3 Å². The Balaban J connectivity index is 1.29. The van der Waals surface area contributed by atoms with Crippen molar-refractivity contribution in [3.8, 4) is 28.9 Å². The predicted octanol–water partition coefficient (Wildman–Crippen LogP) is 4.87. The van der Waals surface area contributed by atoms with Gasteiger partial charge in [0.15, 0.2) is 5.82 Å². The van der Waals surface area contributed by atoms with Gasteiger partial charge in [-0.2, -0.15) is 9.97 Å². The number of nitrogens with zero attached hydrogens (tertiary/aromatic N) is 5. The SMILES string of the molecule is CN1c2nc(OC[C@@]34CCCN3C[C@H](F)C4)nc3c(F)c(-c4cc(O)cc(Cl)c4C4CC4)nc(c23)OCC2COCC21. The number of rotatable bonds is 5. The summed E-state index contributed by atoms with van der Waals surface area (Å²) < 4.78 is 49.4. The molecular weight excluding hydrogens is 568 g/mol. The van der Waals surface area contributed by atoms with Gasteiger partial charge in [0.2, 0.25) is 5.88 Å². The lowest BCUT2D eigenvalue weighted by Gasteiger charge is -2.33. The summed E-state index contributed by atoms with van der Waals surface area (Å²) in [7, 11) is 1.90. The maximum atomic E-state index is 16.7. The molecular formula is C30H32ClF2N5O4. The third kappa shape index (κ3) is 4.18. The summed E-state index contributed by atoms with van der Waals surface area (Å²) >= 11 is 6.57. The van der Waals surface area contributed by atoms with Crippen LogP contribution in [-0.2, 0) is 4.74 Å². The zero-order valence-corrected chi connectivity index (χ0v) is 24.0. The molecule has 0 spiro atoms. The Morgan fingerprint density at radius 2 is 2.05 bits per heavy atom. The molecule has 0 radical (unpaired) electrons. The van der Waals surface area contributed by atoms with E-state index in [1.165, 1.54) is 12.1 Å². The fraction of sp³-hybridized carbons (Fsp3) is 0.567. The molecule has 1 N–H and O–H groups in total. The van der Waals surface area contributed by atoms with E-state index in [9.17, 15) is 9.50 Å². The molecule has 42 heavy (non-hydrogen) atoms. The van der Waals surface area contributed by atoms with Crippen LogP contribution in [0.2, 0.25) is 5.02 Å². The number of likely N-dealkylation sites (N-methyl/N-ethyl adjacent to an activating group) is 1. The van der Waals surface area contributed by atoms with Gasteiger partial charge in [-0.1, -0.05) is 11.6 Å². The molecule has 2 unspecified atom stereocenters. The molecule has 1 saturated carbocycles. The van der Waals surface area contributed by atoms with Crippen LogP contribution in [0.15, 0.2) is 12.1 Å². The van der Waals surface area contributed by atoms with Crippen molar-refractivity contribution in [3.63, 3.8) is 0 Å². The highest BCUT2D eigenvalue weighted by atomic mass is 35.5.